The van der Waals surface area contributed by atoms with E-state index in [9.17, 15) is 19.1 Å². The van der Waals surface area contributed by atoms with E-state index in [0.717, 1.165) is 17.5 Å². The Labute approximate surface area is 184 Å². The van der Waals surface area contributed by atoms with Crippen molar-refractivity contribution in [3.8, 4) is 22.7 Å². The largest absolute Gasteiger partial charge is 0.497 e. The van der Waals surface area contributed by atoms with Crippen LogP contribution >= 0.6 is 0 Å². The number of aliphatic hydroxyl groups excluding tert-OH is 1. The van der Waals surface area contributed by atoms with Crippen molar-refractivity contribution in [2.45, 2.75) is 37.8 Å². The normalized spacial score (nSPS) is 18.2. The highest BCUT2D eigenvalue weighted by molar-refractivity contribution is 5.95. The first kappa shape index (κ1) is 21.7. The van der Waals surface area contributed by atoms with Gasteiger partial charge in [-0.3, -0.25) is 9.59 Å². The zero-order valence-corrected chi connectivity index (χ0v) is 17.6. The van der Waals surface area contributed by atoms with Crippen LogP contribution in [0, 0.1) is 5.82 Å². The van der Waals surface area contributed by atoms with Crippen LogP contribution in [-0.2, 0) is 0 Å². The van der Waals surface area contributed by atoms with Gasteiger partial charge in [0.15, 0.2) is 0 Å². The number of amides is 1. The van der Waals surface area contributed by atoms with Gasteiger partial charge in [0.05, 0.1) is 30.6 Å². The van der Waals surface area contributed by atoms with Gasteiger partial charge in [0.25, 0.3) is 11.5 Å². The lowest BCUT2D eigenvalue weighted by atomic mass is 9.92. The summed E-state index contributed by atoms with van der Waals surface area (Å²) in [4.78, 5) is 26.2. The Balaban J connectivity index is 1.79. The predicted octanol–water partition coefficient (Wildman–Crippen LogP) is 3.08. The van der Waals surface area contributed by atoms with E-state index in [2.05, 4.69) is 10.4 Å². The third-order valence-corrected chi connectivity index (χ3v) is 5.64. The van der Waals surface area contributed by atoms with Crippen molar-refractivity contribution in [3.63, 3.8) is 0 Å². The van der Waals surface area contributed by atoms with Gasteiger partial charge in [-0.1, -0.05) is 18.9 Å². The molecule has 4 rings (SSSR count). The number of methoxy groups -OCH3 is 1. The van der Waals surface area contributed by atoms with Crippen LogP contribution in [-0.4, -0.2) is 40.0 Å². The minimum absolute atomic E-state index is 0.132. The number of hydrogen-bond donors (Lipinski definition) is 2. The smallest absolute Gasteiger partial charge is 0.284 e. The molecule has 1 aromatic heterocycles. The van der Waals surface area contributed by atoms with E-state index >= 15 is 0 Å². The van der Waals surface area contributed by atoms with E-state index in [-0.39, 0.29) is 11.3 Å². The minimum Gasteiger partial charge on any atom is -0.497 e. The SMILES string of the molecule is COc1ccc(-c2cc(C(=O)N[C@@H]3CCCC[C@@H]3O)c(=O)n(-c3cccc(F)c3)n2)cc1. The van der Waals surface area contributed by atoms with Crippen LogP contribution in [0.25, 0.3) is 16.9 Å². The maximum atomic E-state index is 13.8. The van der Waals surface area contributed by atoms with Crippen LogP contribution in [0.1, 0.15) is 36.0 Å². The van der Waals surface area contributed by atoms with Crippen LogP contribution in [0.3, 0.4) is 0 Å². The molecule has 1 amide bonds. The van der Waals surface area contributed by atoms with Gasteiger partial charge in [-0.15, -0.1) is 0 Å². The summed E-state index contributed by atoms with van der Waals surface area (Å²) < 4.78 is 20.0. The molecule has 1 aliphatic carbocycles. The van der Waals surface area contributed by atoms with Crippen LogP contribution in [0.2, 0.25) is 0 Å². The molecule has 0 bridgehead atoms. The molecule has 7 nitrogen and oxygen atoms in total. The molecule has 2 aromatic carbocycles. The standard InChI is InChI=1S/C24H24FN3O4/c1-32-18-11-9-15(10-12-18)21-14-19(23(30)26-20-7-2-3-8-22(20)29)24(31)28(27-21)17-6-4-5-16(25)13-17/h4-6,9-14,20,22,29H,2-3,7-8H2,1H3,(H,26,30)/t20-,22+/m1/s1. The number of nitrogens with zero attached hydrogens (tertiary/aromatic N) is 2. The average molecular weight is 437 g/mol. The molecule has 1 fully saturated rings. The van der Waals surface area contributed by atoms with E-state index in [1.165, 1.54) is 24.3 Å². The number of rotatable bonds is 5. The number of nitrogens with one attached hydrogen (secondary N) is 1. The third kappa shape index (κ3) is 4.55. The summed E-state index contributed by atoms with van der Waals surface area (Å²) in [7, 11) is 1.56. The number of halogens is 1. The Bertz CT molecular complexity index is 1180. The van der Waals surface area contributed by atoms with Gasteiger partial charge in [-0.2, -0.15) is 9.78 Å². The van der Waals surface area contributed by atoms with Gasteiger partial charge < -0.3 is 15.2 Å². The number of aliphatic hydroxyl groups is 1. The highest BCUT2D eigenvalue weighted by atomic mass is 19.1. The maximum absolute atomic E-state index is 13.8. The molecule has 0 aliphatic heterocycles. The summed E-state index contributed by atoms with van der Waals surface area (Å²) in [5.41, 5.74) is 0.425. The Kier molecular flexibility index (Phi) is 6.32. The highest BCUT2D eigenvalue weighted by Gasteiger charge is 2.26. The number of benzene rings is 2. The first-order valence-electron chi connectivity index (χ1n) is 10.5. The second-order valence-electron chi connectivity index (χ2n) is 7.80. The molecule has 166 valence electrons. The zero-order chi connectivity index (χ0) is 22.7. The van der Waals surface area contributed by atoms with Crippen molar-refractivity contribution < 1.29 is 19.0 Å². The van der Waals surface area contributed by atoms with Crippen molar-refractivity contribution >= 4 is 5.91 Å². The van der Waals surface area contributed by atoms with Crippen molar-refractivity contribution in [1.82, 2.24) is 15.1 Å². The lowest BCUT2D eigenvalue weighted by Crippen LogP contribution is -2.46. The Morgan fingerprint density at radius 2 is 1.91 bits per heavy atom. The molecular weight excluding hydrogens is 413 g/mol. The van der Waals surface area contributed by atoms with Crippen molar-refractivity contribution in [2.75, 3.05) is 7.11 Å². The molecule has 0 spiro atoms. The number of ether oxygens (including phenoxy) is 1. The first-order valence-corrected chi connectivity index (χ1v) is 10.5. The Morgan fingerprint density at radius 3 is 2.59 bits per heavy atom. The van der Waals surface area contributed by atoms with Gasteiger partial charge in [-0.25, -0.2) is 4.39 Å². The molecule has 1 heterocycles. The van der Waals surface area contributed by atoms with E-state index in [0.29, 0.717) is 29.8 Å². The van der Waals surface area contributed by atoms with E-state index in [1.807, 2.05) is 0 Å². The zero-order valence-electron chi connectivity index (χ0n) is 17.6. The number of hydrogen-bond acceptors (Lipinski definition) is 5. The topological polar surface area (TPSA) is 93.5 Å². The average Bonchev–Trinajstić information content (AvgIpc) is 2.80. The Hall–Kier alpha value is -3.52. The molecule has 3 aromatic rings. The van der Waals surface area contributed by atoms with Crippen LogP contribution in [0.5, 0.6) is 5.75 Å². The van der Waals surface area contributed by atoms with E-state index in [1.54, 1.807) is 37.4 Å². The van der Waals surface area contributed by atoms with E-state index in [4.69, 9.17) is 4.74 Å². The van der Waals surface area contributed by atoms with Crippen molar-refractivity contribution in [1.29, 1.82) is 0 Å². The summed E-state index contributed by atoms with van der Waals surface area (Å²) >= 11 is 0. The monoisotopic (exact) mass is 437 g/mol. The summed E-state index contributed by atoms with van der Waals surface area (Å²) in [6.07, 6.45) is 2.38. The van der Waals surface area contributed by atoms with Gasteiger partial charge in [0.1, 0.15) is 17.1 Å². The summed E-state index contributed by atoms with van der Waals surface area (Å²) in [6, 6.07) is 13.5. The number of carbonyl (C=O) groups is 1. The first-order chi connectivity index (χ1) is 15.5. The summed E-state index contributed by atoms with van der Waals surface area (Å²) in [5, 5.41) is 17.4. The van der Waals surface area contributed by atoms with Crippen LogP contribution in [0.15, 0.2) is 59.4 Å². The lowest BCUT2D eigenvalue weighted by Gasteiger charge is -2.28. The minimum atomic E-state index is -0.671. The molecular formula is C24H24FN3O4. The number of aromatic nitrogens is 2. The van der Waals surface area contributed by atoms with Gasteiger partial charge in [0, 0.05) is 5.56 Å². The quantitative estimate of drug-likeness (QED) is 0.640. The summed E-state index contributed by atoms with van der Waals surface area (Å²) in [6.45, 7) is 0. The molecule has 1 aliphatic rings. The molecule has 0 radical (unpaired) electrons. The second kappa shape index (κ2) is 9.32. The summed E-state index contributed by atoms with van der Waals surface area (Å²) in [5.74, 6) is -0.470. The van der Waals surface area contributed by atoms with Crippen molar-refractivity contribution in [3.05, 3.63) is 76.3 Å². The van der Waals surface area contributed by atoms with Gasteiger partial charge in [-0.05, 0) is 61.4 Å². The molecule has 0 unspecified atom stereocenters. The maximum Gasteiger partial charge on any atom is 0.284 e. The molecule has 1 saturated carbocycles. The molecule has 32 heavy (non-hydrogen) atoms. The lowest BCUT2D eigenvalue weighted by molar-refractivity contribution is 0.0716. The molecule has 8 heteroatoms. The molecule has 2 atom stereocenters. The second-order valence-corrected chi connectivity index (χ2v) is 7.80. The fourth-order valence-corrected chi connectivity index (χ4v) is 3.87. The number of carbonyl (C=O) groups excluding carboxylic acids is 1. The fourth-order valence-electron chi connectivity index (χ4n) is 3.87. The van der Waals surface area contributed by atoms with E-state index < -0.39 is 29.4 Å². The third-order valence-electron chi connectivity index (χ3n) is 5.64. The van der Waals surface area contributed by atoms with Crippen LogP contribution in [0.4, 0.5) is 4.39 Å². The Morgan fingerprint density at radius 1 is 1.16 bits per heavy atom. The van der Waals surface area contributed by atoms with Gasteiger partial charge in [0.2, 0.25) is 0 Å². The fraction of sp³-hybridized carbons (Fsp3) is 0.292. The molecule has 0 saturated heterocycles. The van der Waals surface area contributed by atoms with Gasteiger partial charge >= 0.3 is 0 Å². The molecule has 2 N–H and O–H groups in total. The van der Waals surface area contributed by atoms with Crippen LogP contribution < -0.4 is 15.6 Å². The van der Waals surface area contributed by atoms with Crippen molar-refractivity contribution in [2.24, 2.45) is 0 Å². The highest BCUT2D eigenvalue weighted by Crippen LogP contribution is 2.22. The predicted molar refractivity (Wildman–Crippen MR) is 118 cm³/mol.